The fourth-order valence-corrected chi connectivity index (χ4v) is 3.24. The molecule has 0 N–H and O–H groups in total. The molecule has 2 unspecified atom stereocenters. The molecule has 0 spiro atoms. The van der Waals surface area contributed by atoms with Gasteiger partial charge in [-0.2, -0.15) is 0 Å². The van der Waals surface area contributed by atoms with E-state index in [1.807, 2.05) is 63.8 Å². The Morgan fingerprint density at radius 1 is 0.933 bits per heavy atom. The number of ketones is 1. The van der Waals surface area contributed by atoms with Gasteiger partial charge in [0, 0.05) is 12.3 Å². The first-order valence-corrected chi connectivity index (χ1v) is 10.5. The number of nitrogens with zero attached hydrogens (tertiary/aromatic N) is 1. The summed E-state index contributed by atoms with van der Waals surface area (Å²) in [6.07, 6.45) is 2.73. The van der Waals surface area contributed by atoms with Crippen molar-refractivity contribution in [1.29, 1.82) is 0 Å². The summed E-state index contributed by atoms with van der Waals surface area (Å²) in [6.45, 7) is 0.919. The molecule has 4 nitrogen and oxygen atoms in total. The minimum Gasteiger partial charge on any atom is -0.493 e. The maximum absolute atomic E-state index is 14.7. The molecule has 0 aliphatic rings. The predicted octanol–water partition coefficient (Wildman–Crippen LogP) is 5.63. The van der Waals surface area contributed by atoms with Crippen LogP contribution in [0.15, 0.2) is 79.0 Å². The number of ether oxygens (including phenoxy) is 2. The Balaban J connectivity index is 1.40. The highest BCUT2D eigenvalue weighted by Gasteiger charge is 2.34. The zero-order valence-corrected chi connectivity index (χ0v) is 17.8. The van der Waals surface area contributed by atoms with E-state index >= 15 is 0 Å². The third-order valence-corrected chi connectivity index (χ3v) is 5.08. The number of aromatic nitrogens is 1. The fraction of sp³-hybridized carbons (Fsp3) is 0.250. The van der Waals surface area contributed by atoms with Gasteiger partial charge in [-0.25, -0.2) is 4.39 Å². The monoisotopic (exact) mass is 425 g/mol. The molecule has 2 atom stereocenters. The molecule has 1 heterocycles. The molecule has 6 heteroatoms. The van der Waals surface area contributed by atoms with Crippen LogP contribution in [0.3, 0.4) is 0 Å². The molecule has 0 saturated carbocycles. The standard InChI is InChI=1S/C24H25FNO3P/c25-24(30,23(27)22-13-4-6-15-26-22)14-5-7-16-28-20-11-8-12-21(17-20)29-18-19-9-2-1-3-10-19/h1-4,6,8-13,15,17H,5,7,14,16,18,30H2. The minimum absolute atomic E-state index is 0.0939. The number of benzene rings is 2. The van der Waals surface area contributed by atoms with E-state index in [1.54, 1.807) is 12.1 Å². The summed E-state index contributed by atoms with van der Waals surface area (Å²) in [5.41, 5.74) is 1.23. The topological polar surface area (TPSA) is 48.4 Å². The highest BCUT2D eigenvalue weighted by atomic mass is 31.0. The van der Waals surface area contributed by atoms with Gasteiger partial charge in [0.25, 0.3) is 0 Å². The van der Waals surface area contributed by atoms with Crippen molar-refractivity contribution in [3.8, 4) is 11.5 Å². The molecular weight excluding hydrogens is 400 g/mol. The summed E-state index contributed by atoms with van der Waals surface area (Å²) in [5.74, 6) is 0.810. The maximum atomic E-state index is 14.7. The normalized spacial score (nSPS) is 12.7. The van der Waals surface area contributed by atoms with E-state index in [9.17, 15) is 9.18 Å². The lowest BCUT2D eigenvalue weighted by Gasteiger charge is -2.18. The quantitative estimate of drug-likeness (QED) is 0.227. The number of pyridine rings is 1. The summed E-state index contributed by atoms with van der Waals surface area (Å²) >= 11 is 0. The van der Waals surface area contributed by atoms with Crippen LogP contribution in [0.2, 0.25) is 0 Å². The van der Waals surface area contributed by atoms with E-state index in [4.69, 9.17) is 9.47 Å². The molecule has 0 radical (unpaired) electrons. The van der Waals surface area contributed by atoms with Gasteiger partial charge in [-0.1, -0.05) is 51.7 Å². The van der Waals surface area contributed by atoms with E-state index in [0.29, 0.717) is 31.8 Å². The summed E-state index contributed by atoms with van der Waals surface area (Å²) in [5, 5.41) is -2.01. The first-order valence-electron chi connectivity index (χ1n) is 9.88. The number of Topliss-reactive ketones (excluding diaryl/α,β-unsaturated/α-hetero) is 1. The smallest absolute Gasteiger partial charge is 0.221 e. The van der Waals surface area contributed by atoms with Gasteiger partial charge in [-0.15, -0.1) is 0 Å². The number of hydrogen-bond acceptors (Lipinski definition) is 4. The number of unbranched alkanes of at least 4 members (excludes halogenated alkanes) is 1. The second-order valence-electron chi connectivity index (χ2n) is 6.96. The molecule has 156 valence electrons. The van der Waals surface area contributed by atoms with Gasteiger partial charge in [0.2, 0.25) is 5.78 Å². The Labute approximate surface area is 178 Å². The number of rotatable bonds is 11. The Morgan fingerprint density at radius 3 is 2.40 bits per heavy atom. The molecule has 0 bridgehead atoms. The van der Waals surface area contributed by atoms with Crippen molar-refractivity contribution in [3.05, 3.63) is 90.3 Å². The van der Waals surface area contributed by atoms with Crippen LogP contribution in [-0.4, -0.2) is 22.8 Å². The van der Waals surface area contributed by atoms with Gasteiger partial charge < -0.3 is 9.47 Å². The van der Waals surface area contributed by atoms with Crippen molar-refractivity contribution in [1.82, 2.24) is 4.98 Å². The van der Waals surface area contributed by atoms with Gasteiger partial charge in [-0.3, -0.25) is 9.78 Å². The van der Waals surface area contributed by atoms with Crippen molar-refractivity contribution in [3.63, 3.8) is 0 Å². The Morgan fingerprint density at radius 2 is 1.67 bits per heavy atom. The third-order valence-electron chi connectivity index (χ3n) is 4.53. The molecule has 0 fully saturated rings. The molecule has 0 amide bonds. The lowest BCUT2D eigenvalue weighted by molar-refractivity contribution is 0.0815. The van der Waals surface area contributed by atoms with E-state index in [2.05, 4.69) is 4.98 Å². The minimum atomic E-state index is -2.01. The lowest BCUT2D eigenvalue weighted by atomic mass is 10.1. The Bertz CT molecular complexity index is 935. The second kappa shape index (κ2) is 10.8. The average Bonchev–Trinajstić information content (AvgIpc) is 2.78. The molecule has 3 aromatic rings. The van der Waals surface area contributed by atoms with Crippen LogP contribution < -0.4 is 9.47 Å². The fourth-order valence-electron chi connectivity index (χ4n) is 2.89. The van der Waals surface area contributed by atoms with Crippen LogP contribution in [0.4, 0.5) is 4.39 Å². The molecule has 1 aromatic heterocycles. The van der Waals surface area contributed by atoms with Gasteiger partial charge >= 0.3 is 0 Å². The lowest BCUT2D eigenvalue weighted by Crippen LogP contribution is -2.27. The van der Waals surface area contributed by atoms with Gasteiger partial charge in [0.1, 0.15) is 23.8 Å². The molecular formula is C24H25FNO3P. The van der Waals surface area contributed by atoms with Crippen LogP contribution >= 0.6 is 9.24 Å². The molecule has 30 heavy (non-hydrogen) atoms. The first kappa shape index (κ1) is 21.9. The first-order chi connectivity index (χ1) is 14.5. The summed E-state index contributed by atoms with van der Waals surface area (Å²) in [4.78, 5) is 16.2. The number of halogens is 1. The van der Waals surface area contributed by atoms with Crippen molar-refractivity contribution >= 4 is 15.0 Å². The molecule has 0 aliphatic carbocycles. The second-order valence-corrected chi connectivity index (χ2v) is 7.88. The van der Waals surface area contributed by atoms with Crippen LogP contribution in [0.1, 0.15) is 35.3 Å². The number of carbonyl (C=O) groups excluding carboxylic acids is 1. The van der Waals surface area contributed by atoms with Crippen LogP contribution in [0.5, 0.6) is 11.5 Å². The van der Waals surface area contributed by atoms with E-state index in [-0.39, 0.29) is 12.1 Å². The number of carbonyl (C=O) groups is 1. The summed E-state index contributed by atoms with van der Waals surface area (Å²) < 4.78 is 26.3. The van der Waals surface area contributed by atoms with Crippen LogP contribution in [0.25, 0.3) is 0 Å². The summed E-state index contributed by atoms with van der Waals surface area (Å²) in [7, 11) is 2.03. The predicted molar refractivity (Wildman–Crippen MR) is 119 cm³/mol. The van der Waals surface area contributed by atoms with E-state index < -0.39 is 11.2 Å². The zero-order valence-electron chi connectivity index (χ0n) is 16.7. The van der Waals surface area contributed by atoms with E-state index in [1.165, 1.54) is 12.3 Å². The number of hydrogen-bond donors (Lipinski definition) is 0. The summed E-state index contributed by atoms with van der Waals surface area (Å²) in [6, 6.07) is 22.3. The SMILES string of the molecule is O=C(c1ccccn1)C(F)(P)CCCCOc1cccc(OCc2ccccc2)c1. The van der Waals surface area contributed by atoms with E-state index in [0.717, 1.165) is 11.3 Å². The maximum Gasteiger partial charge on any atom is 0.221 e. The third kappa shape index (κ3) is 6.64. The Kier molecular flexibility index (Phi) is 7.92. The Hall–Kier alpha value is -2.78. The molecule has 2 aromatic carbocycles. The van der Waals surface area contributed by atoms with Gasteiger partial charge in [0.05, 0.1) is 6.61 Å². The highest BCUT2D eigenvalue weighted by molar-refractivity contribution is 7.20. The van der Waals surface area contributed by atoms with Crippen molar-refractivity contribution in [2.45, 2.75) is 31.3 Å². The number of alkyl halides is 1. The highest BCUT2D eigenvalue weighted by Crippen LogP contribution is 2.31. The van der Waals surface area contributed by atoms with Crippen molar-refractivity contribution in [2.75, 3.05) is 6.61 Å². The average molecular weight is 425 g/mol. The molecule has 0 aliphatic heterocycles. The zero-order chi connectivity index (χ0) is 21.2. The van der Waals surface area contributed by atoms with Gasteiger partial charge in [0.15, 0.2) is 5.41 Å². The van der Waals surface area contributed by atoms with Gasteiger partial charge in [-0.05, 0) is 49.1 Å². The van der Waals surface area contributed by atoms with Crippen LogP contribution in [0, 0.1) is 0 Å². The molecule has 3 rings (SSSR count). The molecule has 0 saturated heterocycles. The largest absolute Gasteiger partial charge is 0.493 e. The van der Waals surface area contributed by atoms with Crippen molar-refractivity contribution in [2.24, 2.45) is 0 Å². The van der Waals surface area contributed by atoms with Crippen LogP contribution in [-0.2, 0) is 6.61 Å². The van der Waals surface area contributed by atoms with Crippen molar-refractivity contribution < 1.29 is 18.7 Å².